The summed E-state index contributed by atoms with van der Waals surface area (Å²) < 4.78 is 0. The van der Waals surface area contributed by atoms with Gasteiger partial charge in [0.05, 0.1) is 11.1 Å². The molecule has 10 nitrogen and oxygen atoms in total. The molecule has 5 amide bonds. The molecule has 0 radical (unpaired) electrons. The van der Waals surface area contributed by atoms with E-state index in [1.807, 2.05) is 11.0 Å². The second kappa shape index (κ2) is 8.35. The predicted octanol–water partition coefficient (Wildman–Crippen LogP) is -0.531. The van der Waals surface area contributed by atoms with Crippen molar-refractivity contribution in [2.45, 2.75) is 44.3 Å². The van der Waals surface area contributed by atoms with Gasteiger partial charge in [-0.15, -0.1) is 0 Å². The van der Waals surface area contributed by atoms with E-state index in [2.05, 4.69) is 10.2 Å². The molecule has 0 bridgehead atoms. The van der Waals surface area contributed by atoms with Crippen LogP contribution in [0, 0.1) is 5.92 Å². The summed E-state index contributed by atoms with van der Waals surface area (Å²) in [6.45, 7) is 3.20. The minimum absolute atomic E-state index is 0.00136. The van der Waals surface area contributed by atoms with Gasteiger partial charge in [0.1, 0.15) is 6.04 Å². The van der Waals surface area contributed by atoms with Crippen molar-refractivity contribution in [2.75, 3.05) is 26.2 Å². The molecule has 1 aromatic carbocycles. The van der Waals surface area contributed by atoms with E-state index in [0.717, 1.165) is 36.4 Å². The molecular weight excluding hydrogens is 426 g/mol. The zero-order chi connectivity index (χ0) is 23.3. The van der Waals surface area contributed by atoms with Crippen LogP contribution in [0.1, 0.15) is 52.0 Å². The first kappa shape index (κ1) is 21.7. The van der Waals surface area contributed by atoms with Crippen LogP contribution < -0.4 is 11.1 Å². The number of hydrogen-bond acceptors (Lipinski definition) is 7. The van der Waals surface area contributed by atoms with Crippen molar-refractivity contribution in [3.63, 3.8) is 0 Å². The van der Waals surface area contributed by atoms with Gasteiger partial charge in [0.25, 0.3) is 11.8 Å². The molecule has 10 heteroatoms. The van der Waals surface area contributed by atoms with E-state index in [0.29, 0.717) is 30.8 Å². The van der Waals surface area contributed by atoms with Gasteiger partial charge in [-0.3, -0.25) is 39.1 Å². The van der Waals surface area contributed by atoms with Crippen molar-refractivity contribution in [3.05, 3.63) is 34.9 Å². The number of carbonyl (C=O) groups is 5. The first-order valence-electron chi connectivity index (χ1n) is 11.4. The Kier molecular flexibility index (Phi) is 5.49. The maximum absolute atomic E-state index is 13.2. The molecule has 4 aliphatic heterocycles. The summed E-state index contributed by atoms with van der Waals surface area (Å²) in [6.07, 6.45) is 1.71. The summed E-state index contributed by atoms with van der Waals surface area (Å²) >= 11 is 0. The van der Waals surface area contributed by atoms with Gasteiger partial charge in [-0.1, -0.05) is 12.1 Å². The number of nitrogens with two attached hydrogens (primary N) is 1. The van der Waals surface area contributed by atoms with E-state index in [-0.39, 0.29) is 30.7 Å². The number of hydrogen-bond donors (Lipinski definition) is 2. The van der Waals surface area contributed by atoms with Crippen molar-refractivity contribution >= 4 is 29.5 Å². The van der Waals surface area contributed by atoms with E-state index in [4.69, 9.17) is 5.73 Å². The molecule has 4 aliphatic rings. The Hall–Kier alpha value is -3.11. The van der Waals surface area contributed by atoms with Gasteiger partial charge in [-0.2, -0.15) is 0 Å². The highest BCUT2D eigenvalue weighted by Crippen LogP contribution is 2.31. The molecule has 0 saturated carbocycles. The van der Waals surface area contributed by atoms with Crippen LogP contribution in [0.2, 0.25) is 0 Å². The number of likely N-dealkylation sites (tertiary alicyclic amines) is 2. The third-order valence-corrected chi connectivity index (χ3v) is 7.11. The molecule has 1 atom stereocenters. The Morgan fingerprint density at radius 2 is 1.76 bits per heavy atom. The first-order chi connectivity index (χ1) is 15.8. The number of amides is 5. The Balaban J connectivity index is 1.27. The van der Waals surface area contributed by atoms with E-state index in [9.17, 15) is 24.0 Å². The van der Waals surface area contributed by atoms with E-state index < -0.39 is 29.7 Å². The minimum atomic E-state index is -0.973. The molecule has 33 heavy (non-hydrogen) atoms. The number of piperidine rings is 2. The topological polar surface area (TPSA) is 133 Å². The van der Waals surface area contributed by atoms with Crippen molar-refractivity contribution in [3.8, 4) is 0 Å². The summed E-state index contributed by atoms with van der Waals surface area (Å²) in [7, 11) is 0. The maximum atomic E-state index is 13.2. The molecule has 3 N–H and O–H groups in total. The van der Waals surface area contributed by atoms with Gasteiger partial charge in [0, 0.05) is 38.0 Å². The Morgan fingerprint density at radius 3 is 2.42 bits per heavy atom. The summed E-state index contributed by atoms with van der Waals surface area (Å²) in [5, 5.41) is 2.22. The van der Waals surface area contributed by atoms with Gasteiger partial charge < -0.3 is 10.6 Å². The Bertz CT molecular complexity index is 1040. The van der Waals surface area contributed by atoms with Gasteiger partial charge in [-0.25, -0.2) is 0 Å². The summed E-state index contributed by atoms with van der Waals surface area (Å²) in [6, 6.07) is 4.30. The third kappa shape index (κ3) is 3.83. The van der Waals surface area contributed by atoms with Crippen LogP contribution in [0.5, 0.6) is 0 Å². The van der Waals surface area contributed by atoms with Crippen molar-refractivity contribution in [2.24, 2.45) is 11.7 Å². The molecule has 5 rings (SSSR count). The molecule has 0 spiro atoms. The summed E-state index contributed by atoms with van der Waals surface area (Å²) in [5.74, 6) is -1.81. The second-order valence-electron chi connectivity index (χ2n) is 9.34. The smallest absolute Gasteiger partial charge is 0.262 e. The molecule has 4 heterocycles. The lowest BCUT2D eigenvalue weighted by atomic mass is 9.92. The van der Waals surface area contributed by atoms with Crippen molar-refractivity contribution in [1.29, 1.82) is 0 Å². The van der Waals surface area contributed by atoms with Crippen LogP contribution in [-0.2, 0) is 20.9 Å². The highest BCUT2D eigenvalue weighted by atomic mass is 16.2. The van der Waals surface area contributed by atoms with Crippen LogP contribution in [0.25, 0.3) is 0 Å². The molecule has 0 aromatic heterocycles. The standard InChI is InChI=1S/C23H27N5O5/c24-15-11-27(12-15)21(31)13-6-8-26(9-7-13)10-14-2-1-3-16-19(14)23(33)28(22(16)32)17-4-5-18(29)25-20(17)30/h1-3,13,15,17H,4-12,24H2,(H,25,29,30). The number of benzene rings is 1. The minimum Gasteiger partial charge on any atom is -0.339 e. The van der Waals surface area contributed by atoms with Gasteiger partial charge in [0.2, 0.25) is 17.7 Å². The fourth-order valence-corrected chi connectivity index (χ4v) is 5.25. The lowest BCUT2D eigenvalue weighted by molar-refractivity contribution is -0.141. The molecule has 0 aliphatic carbocycles. The van der Waals surface area contributed by atoms with Crippen LogP contribution in [0.3, 0.4) is 0 Å². The molecular formula is C23H27N5O5. The average molecular weight is 453 g/mol. The monoisotopic (exact) mass is 453 g/mol. The predicted molar refractivity (Wildman–Crippen MR) is 116 cm³/mol. The van der Waals surface area contributed by atoms with Crippen molar-refractivity contribution in [1.82, 2.24) is 20.0 Å². The fourth-order valence-electron chi connectivity index (χ4n) is 5.25. The number of fused-ring (bicyclic) bond motifs is 1. The van der Waals surface area contributed by atoms with E-state index in [1.54, 1.807) is 12.1 Å². The SMILES string of the molecule is NC1CN(C(=O)C2CCN(Cc3cccc4c3C(=O)N(C3CCC(=O)NC3=O)C4=O)CC2)C1. The maximum Gasteiger partial charge on any atom is 0.262 e. The summed E-state index contributed by atoms with van der Waals surface area (Å²) in [5.41, 5.74) is 7.15. The molecule has 3 fully saturated rings. The molecule has 3 saturated heterocycles. The number of rotatable bonds is 4. The van der Waals surface area contributed by atoms with Gasteiger partial charge >= 0.3 is 0 Å². The van der Waals surface area contributed by atoms with E-state index in [1.165, 1.54) is 0 Å². The first-order valence-corrected chi connectivity index (χ1v) is 11.4. The number of nitrogens with zero attached hydrogens (tertiary/aromatic N) is 3. The Morgan fingerprint density at radius 1 is 1.03 bits per heavy atom. The van der Waals surface area contributed by atoms with Crippen LogP contribution in [0.15, 0.2) is 18.2 Å². The fraction of sp³-hybridized carbons (Fsp3) is 0.522. The Labute approximate surface area is 191 Å². The lowest BCUT2D eigenvalue weighted by Crippen LogP contribution is -2.59. The number of imide groups is 2. The van der Waals surface area contributed by atoms with Crippen LogP contribution in [0.4, 0.5) is 0 Å². The quantitative estimate of drug-likeness (QED) is 0.586. The highest BCUT2D eigenvalue weighted by molar-refractivity contribution is 6.24. The van der Waals surface area contributed by atoms with Crippen LogP contribution >= 0.6 is 0 Å². The molecule has 174 valence electrons. The second-order valence-corrected chi connectivity index (χ2v) is 9.34. The van der Waals surface area contributed by atoms with Gasteiger partial charge in [0.15, 0.2) is 0 Å². The summed E-state index contributed by atoms with van der Waals surface area (Å²) in [4.78, 5) is 67.6. The van der Waals surface area contributed by atoms with Gasteiger partial charge in [-0.05, 0) is 44.0 Å². The molecule has 1 aromatic rings. The largest absolute Gasteiger partial charge is 0.339 e. The molecule has 1 unspecified atom stereocenters. The highest BCUT2D eigenvalue weighted by Gasteiger charge is 2.45. The van der Waals surface area contributed by atoms with Crippen LogP contribution in [-0.4, -0.2) is 82.5 Å². The lowest BCUT2D eigenvalue weighted by Gasteiger charge is -2.41. The number of carbonyl (C=O) groups excluding carboxylic acids is 5. The zero-order valence-electron chi connectivity index (χ0n) is 18.3. The third-order valence-electron chi connectivity index (χ3n) is 7.11. The number of nitrogens with one attached hydrogen (secondary N) is 1. The van der Waals surface area contributed by atoms with E-state index >= 15 is 0 Å². The average Bonchev–Trinajstić information content (AvgIpc) is 3.03. The zero-order valence-corrected chi connectivity index (χ0v) is 18.3. The normalized spacial score (nSPS) is 24.7. The van der Waals surface area contributed by atoms with Crippen molar-refractivity contribution < 1.29 is 24.0 Å².